The fraction of sp³-hybridized carbons (Fsp3) is 0.512. The van der Waals surface area contributed by atoms with Gasteiger partial charge in [0, 0.05) is 43.7 Å². The van der Waals surface area contributed by atoms with E-state index in [-0.39, 0.29) is 47.0 Å². The number of anilines is 1. The van der Waals surface area contributed by atoms with Gasteiger partial charge in [0.15, 0.2) is 17.2 Å². The molecule has 306 valence electrons. The van der Waals surface area contributed by atoms with E-state index >= 15 is 0 Å². The van der Waals surface area contributed by atoms with Crippen LogP contribution in [0.2, 0.25) is 0 Å². The Hall–Kier alpha value is -5.31. The fourth-order valence-electron chi connectivity index (χ4n) is 8.87. The van der Waals surface area contributed by atoms with Crippen molar-refractivity contribution < 1.29 is 27.6 Å². The molecule has 8 rings (SSSR count). The molecule has 1 N–H and O–H groups in total. The lowest BCUT2D eigenvalue weighted by atomic mass is 9.86. The van der Waals surface area contributed by atoms with E-state index in [1.807, 2.05) is 24.3 Å². The third-order valence-corrected chi connectivity index (χ3v) is 12.2. The van der Waals surface area contributed by atoms with Gasteiger partial charge in [0.25, 0.3) is 12.3 Å². The molecule has 4 aromatic heterocycles. The molecule has 13 nitrogen and oxygen atoms in total. The van der Waals surface area contributed by atoms with Gasteiger partial charge in [-0.05, 0) is 107 Å². The lowest BCUT2D eigenvalue weighted by Crippen LogP contribution is -2.34. The van der Waals surface area contributed by atoms with E-state index in [4.69, 9.17) is 4.42 Å². The third-order valence-electron chi connectivity index (χ3n) is 12.2. The summed E-state index contributed by atoms with van der Waals surface area (Å²) in [5.74, 6) is 0.566. The predicted molar refractivity (Wildman–Crippen MR) is 213 cm³/mol. The molecule has 15 heteroatoms. The minimum absolute atomic E-state index is 0.0160. The van der Waals surface area contributed by atoms with Crippen LogP contribution in [-0.2, 0) is 29.5 Å². The van der Waals surface area contributed by atoms with Crippen LogP contribution in [-0.4, -0.2) is 71.4 Å². The quantitative estimate of drug-likeness (QED) is 0.108. The third kappa shape index (κ3) is 8.59. The smallest absolute Gasteiger partial charge is 0.329 e. The predicted octanol–water partition coefficient (Wildman–Crippen LogP) is 7.28. The summed E-state index contributed by atoms with van der Waals surface area (Å²) in [6, 6.07) is 8.84. The number of para-hydroxylation sites is 1. The van der Waals surface area contributed by atoms with Crippen LogP contribution in [0.5, 0.6) is 0 Å². The van der Waals surface area contributed by atoms with Crippen molar-refractivity contribution in [3.05, 3.63) is 82.1 Å². The molecule has 1 amide bonds. The molecule has 0 bridgehead atoms. The molecule has 3 saturated carbocycles. The number of ketones is 2. The molecule has 1 unspecified atom stereocenters. The highest BCUT2D eigenvalue weighted by atomic mass is 19.3. The molecule has 3 fully saturated rings. The molecule has 0 radical (unpaired) electrons. The molecule has 4 heterocycles. The number of benzene rings is 1. The number of amides is 1. The molecule has 3 aliphatic rings. The van der Waals surface area contributed by atoms with Gasteiger partial charge in [-0.15, -0.1) is 0 Å². The number of hydrogen-bond donors (Lipinski definition) is 1. The standard InChI is InChI=1S/C43H50F2N8O5/c1-50(20-4-6-28-5-3-7-36-39(28)51(2)43(57)53(36)35-17-16-32(54)22-37(35)55)23-27-11-14-31(15-12-27)52-24-33(38(49-52)40(44)45)47-41(56)34-25-58-42(48-34)29-18-19-46-30(21-29)13-10-26-8-9-26/h3,5,7,18-19,21,24-27,31,35,40H,4,6,8-17,20,22-23H2,1-2H3,(H,47,56). The van der Waals surface area contributed by atoms with Crippen LogP contribution in [0.25, 0.3) is 22.5 Å². The lowest BCUT2D eigenvalue weighted by molar-refractivity contribution is -0.132. The maximum Gasteiger partial charge on any atom is 0.329 e. The van der Waals surface area contributed by atoms with Crippen LogP contribution in [0.1, 0.15) is 117 Å². The van der Waals surface area contributed by atoms with Gasteiger partial charge in [-0.3, -0.25) is 33.2 Å². The summed E-state index contributed by atoms with van der Waals surface area (Å²) in [5, 5.41) is 6.84. The van der Waals surface area contributed by atoms with E-state index in [1.54, 1.807) is 33.1 Å². The highest BCUT2D eigenvalue weighted by molar-refractivity contribution is 6.04. The Kier molecular flexibility index (Phi) is 11.5. The molecule has 5 aromatic rings. The fourth-order valence-corrected chi connectivity index (χ4v) is 8.87. The van der Waals surface area contributed by atoms with Gasteiger partial charge >= 0.3 is 5.69 Å². The van der Waals surface area contributed by atoms with Gasteiger partial charge in [-0.2, -0.15) is 5.10 Å². The molecule has 3 aliphatic carbocycles. The number of Topliss-reactive ketones (excluding diaryl/α,β-unsaturated/α-hetero) is 2. The monoisotopic (exact) mass is 796 g/mol. The van der Waals surface area contributed by atoms with Crippen LogP contribution < -0.4 is 11.0 Å². The number of carbonyl (C=O) groups is 3. The van der Waals surface area contributed by atoms with Crippen LogP contribution in [0.3, 0.4) is 0 Å². The first-order chi connectivity index (χ1) is 28.0. The summed E-state index contributed by atoms with van der Waals surface area (Å²) in [4.78, 5) is 62.2. The Balaban J connectivity index is 0.831. The second-order valence-electron chi connectivity index (χ2n) is 16.5. The van der Waals surface area contributed by atoms with Gasteiger partial charge < -0.3 is 14.6 Å². The first kappa shape index (κ1) is 39.5. The lowest BCUT2D eigenvalue weighted by Gasteiger charge is -2.31. The zero-order valence-corrected chi connectivity index (χ0v) is 33.0. The highest BCUT2D eigenvalue weighted by Crippen LogP contribution is 2.36. The Labute approximate surface area is 334 Å². The number of nitrogens with zero attached hydrogens (tertiary/aromatic N) is 7. The zero-order chi connectivity index (χ0) is 40.5. The number of halogens is 2. The number of hydrogen-bond acceptors (Lipinski definition) is 9. The minimum atomic E-state index is -2.87. The topological polar surface area (TPSA) is 150 Å². The van der Waals surface area contributed by atoms with Crippen LogP contribution in [0.15, 0.2) is 58.2 Å². The molecule has 0 aliphatic heterocycles. The van der Waals surface area contributed by atoms with Gasteiger partial charge in [-0.1, -0.05) is 25.0 Å². The van der Waals surface area contributed by atoms with Gasteiger partial charge in [0.2, 0.25) is 5.89 Å². The summed E-state index contributed by atoms with van der Waals surface area (Å²) in [6.07, 6.45) is 11.6. The van der Waals surface area contributed by atoms with Crippen molar-refractivity contribution in [1.29, 1.82) is 0 Å². The molecule has 0 saturated heterocycles. The largest absolute Gasteiger partial charge is 0.444 e. The zero-order valence-electron chi connectivity index (χ0n) is 33.0. The van der Waals surface area contributed by atoms with E-state index < -0.39 is 24.1 Å². The molecule has 1 aromatic carbocycles. The van der Waals surface area contributed by atoms with Gasteiger partial charge in [-0.25, -0.2) is 18.6 Å². The van der Waals surface area contributed by atoms with E-state index in [0.717, 1.165) is 92.7 Å². The molecular weight excluding hydrogens is 747 g/mol. The number of nitrogens with one attached hydrogen (secondary N) is 1. The molecular formula is C43H50F2N8O5. The Bertz CT molecular complexity index is 2370. The number of alkyl halides is 2. The Morgan fingerprint density at radius 3 is 2.59 bits per heavy atom. The normalized spacial score (nSPS) is 20.1. The SMILES string of the molecule is CN(CCCc1cccc2c1n(C)c(=O)n2C1CCC(=O)CC1=O)CC1CCC(n2cc(NC(=O)c3coc(-c4ccnc(CCC5CC5)c4)n3)c(C(F)F)n2)CC1. The molecule has 0 spiro atoms. The maximum absolute atomic E-state index is 14.2. The van der Waals surface area contributed by atoms with Crippen LogP contribution in [0, 0.1) is 11.8 Å². The van der Waals surface area contributed by atoms with E-state index in [0.29, 0.717) is 24.3 Å². The van der Waals surface area contributed by atoms with Crippen molar-refractivity contribution in [2.75, 3.05) is 25.5 Å². The van der Waals surface area contributed by atoms with Crippen LogP contribution >= 0.6 is 0 Å². The average Bonchev–Trinajstić information content (AvgIpc) is 3.61. The number of imidazole rings is 1. The first-order valence-electron chi connectivity index (χ1n) is 20.5. The van der Waals surface area contributed by atoms with E-state index in [1.165, 1.54) is 25.3 Å². The summed E-state index contributed by atoms with van der Waals surface area (Å²) in [6.45, 7) is 1.75. The van der Waals surface area contributed by atoms with Gasteiger partial charge in [0.1, 0.15) is 12.0 Å². The number of carbonyl (C=O) groups excluding carboxylic acids is 3. The highest BCUT2D eigenvalue weighted by Gasteiger charge is 2.32. The number of aromatic nitrogens is 6. The second-order valence-corrected chi connectivity index (χ2v) is 16.5. The summed E-state index contributed by atoms with van der Waals surface area (Å²) >= 11 is 0. The summed E-state index contributed by atoms with van der Waals surface area (Å²) < 4.78 is 38.7. The van der Waals surface area contributed by atoms with Crippen molar-refractivity contribution in [3.63, 3.8) is 0 Å². The number of oxazole rings is 1. The summed E-state index contributed by atoms with van der Waals surface area (Å²) in [5.41, 5.74) is 3.48. The van der Waals surface area contributed by atoms with Crippen molar-refractivity contribution in [2.45, 2.75) is 102 Å². The van der Waals surface area contributed by atoms with Crippen molar-refractivity contribution in [2.24, 2.45) is 18.9 Å². The second kappa shape index (κ2) is 16.9. The van der Waals surface area contributed by atoms with Crippen molar-refractivity contribution in [3.8, 4) is 11.5 Å². The molecule has 58 heavy (non-hydrogen) atoms. The van der Waals surface area contributed by atoms with Crippen molar-refractivity contribution >= 4 is 34.2 Å². The number of aryl methyl sites for hydroxylation is 3. The van der Waals surface area contributed by atoms with Gasteiger partial charge in [0.05, 0.1) is 35.2 Å². The van der Waals surface area contributed by atoms with E-state index in [9.17, 15) is 28.0 Å². The Morgan fingerprint density at radius 1 is 1.03 bits per heavy atom. The van der Waals surface area contributed by atoms with E-state index in [2.05, 4.69) is 32.3 Å². The minimum Gasteiger partial charge on any atom is -0.444 e. The molecule has 1 atom stereocenters. The number of pyridine rings is 1. The number of rotatable bonds is 15. The average molecular weight is 797 g/mol. The number of fused-ring (bicyclic) bond motifs is 1. The summed E-state index contributed by atoms with van der Waals surface area (Å²) in [7, 11) is 3.84. The first-order valence-corrected chi connectivity index (χ1v) is 20.5. The van der Waals surface area contributed by atoms with Crippen LogP contribution in [0.4, 0.5) is 14.5 Å². The Morgan fingerprint density at radius 2 is 1.83 bits per heavy atom. The van der Waals surface area contributed by atoms with Crippen molar-refractivity contribution in [1.82, 2.24) is 33.8 Å². The maximum atomic E-state index is 14.2.